The van der Waals surface area contributed by atoms with Gasteiger partial charge in [-0.1, -0.05) is 0 Å². The van der Waals surface area contributed by atoms with Gasteiger partial charge >= 0.3 is 235 Å². The molecule has 2 aliphatic rings. The van der Waals surface area contributed by atoms with Crippen LogP contribution in [0.4, 0.5) is 11.4 Å². The van der Waals surface area contributed by atoms with Crippen LogP contribution in [0.1, 0.15) is 89.5 Å². The van der Waals surface area contributed by atoms with Crippen LogP contribution in [0.3, 0.4) is 0 Å². The molecule has 1 aliphatic carbocycles. The van der Waals surface area contributed by atoms with Gasteiger partial charge in [0.05, 0.1) is 0 Å². The van der Waals surface area contributed by atoms with E-state index in [0.717, 1.165) is 25.7 Å². The number of benzene rings is 2. The van der Waals surface area contributed by atoms with Crippen LogP contribution in [0.2, 0.25) is 0 Å². The summed E-state index contributed by atoms with van der Waals surface area (Å²) >= 11 is -0.308. The standard InChI is InChI=1S/C28H36N4O6.BrH.Cr/c1-27(2,3)21-13-19(31(35)36)11-17(25(21)33)15-29-23-9-7-8-10-24(23)30-16-18-12-20(32(37)38)14-22(26(18)34)28(4,5)6;;/h11-16,23-24,33-34H,7-10H2,1-6H3;1H;/q;;+2/p-1/t23-,24-;;/m1../s1. The van der Waals surface area contributed by atoms with Crippen molar-refractivity contribution < 1.29 is 59.8 Å². The largest absolute Gasteiger partial charge is 1.00 e. The van der Waals surface area contributed by atoms with E-state index in [4.69, 9.17) is 0 Å². The number of hydrogen-bond donors (Lipinski definition) is 2. The molecule has 2 aromatic rings. The average molecular weight is 657 g/mol. The van der Waals surface area contributed by atoms with Crippen LogP contribution >= 0.6 is 0 Å². The van der Waals surface area contributed by atoms with Crippen LogP contribution in [0.5, 0.6) is 11.5 Å². The zero-order chi connectivity index (χ0) is 28.9. The van der Waals surface area contributed by atoms with E-state index in [2.05, 4.69) is 7.12 Å². The number of nitro benzene ring substituents is 2. The van der Waals surface area contributed by atoms with Crippen LogP contribution < -0.4 is 17.0 Å². The topological polar surface area (TPSA) is 133 Å². The summed E-state index contributed by atoms with van der Waals surface area (Å²) < 4.78 is 4.30. The van der Waals surface area contributed by atoms with E-state index in [9.17, 15) is 30.4 Å². The third-order valence-electron chi connectivity index (χ3n) is 7.35. The van der Waals surface area contributed by atoms with Gasteiger partial charge in [-0.25, -0.2) is 0 Å². The van der Waals surface area contributed by atoms with Gasteiger partial charge in [-0.15, -0.1) is 0 Å². The Bertz CT molecular complexity index is 1310. The van der Waals surface area contributed by atoms with Gasteiger partial charge in [0.1, 0.15) is 0 Å². The minimum atomic E-state index is -0.494. The Labute approximate surface area is 251 Å². The summed E-state index contributed by atoms with van der Waals surface area (Å²) in [4.78, 5) is 22.5. The second-order valence-corrected chi connectivity index (χ2v) is 13.9. The number of phenolic OH excluding ortho intramolecular Hbond substituents is 2. The molecule has 40 heavy (non-hydrogen) atoms. The first kappa shape index (κ1) is 31.7. The number of phenols is 2. The smallest absolute Gasteiger partial charge is 1.00 e. The Balaban J connectivity index is 0.00000441. The summed E-state index contributed by atoms with van der Waals surface area (Å²) in [6.45, 7) is 11.4. The Morgan fingerprint density at radius 1 is 0.775 bits per heavy atom. The molecule has 0 unspecified atom stereocenters. The van der Waals surface area contributed by atoms with Crippen LogP contribution in [0, 0.1) is 20.2 Å². The Morgan fingerprint density at radius 3 is 1.43 bits per heavy atom. The predicted molar refractivity (Wildman–Crippen MR) is 144 cm³/mol. The molecule has 0 amide bonds. The Hall–Kier alpha value is -2.81. The molecule has 216 valence electrons. The molecule has 2 N–H and O–H groups in total. The first-order valence-electron chi connectivity index (χ1n) is 13.1. The maximum atomic E-state index is 11.7. The van der Waals surface area contributed by atoms with E-state index < -0.39 is 20.7 Å². The Kier molecular flexibility index (Phi) is 9.19. The van der Waals surface area contributed by atoms with Crippen molar-refractivity contribution >= 4 is 23.8 Å². The zero-order valence-electron chi connectivity index (χ0n) is 23.5. The summed E-state index contributed by atoms with van der Waals surface area (Å²) in [6.07, 6.45) is 7.57. The van der Waals surface area contributed by atoms with Gasteiger partial charge in [0, 0.05) is 0 Å². The van der Waals surface area contributed by atoms with Gasteiger partial charge in [-0.2, -0.15) is 0 Å². The van der Waals surface area contributed by atoms with Crippen molar-refractivity contribution in [3.05, 3.63) is 66.7 Å². The third kappa shape index (κ3) is 6.40. The minimum Gasteiger partial charge on any atom is -1.00 e. The molecule has 0 bridgehead atoms. The van der Waals surface area contributed by atoms with Gasteiger partial charge < -0.3 is 17.0 Å². The van der Waals surface area contributed by atoms with Crippen molar-refractivity contribution in [3.8, 4) is 11.5 Å². The van der Waals surface area contributed by atoms with Crippen LogP contribution in [-0.2, 0) is 26.5 Å². The van der Waals surface area contributed by atoms with E-state index in [1.54, 1.807) is 0 Å². The molecule has 1 heterocycles. The molecule has 0 spiro atoms. The molecule has 0 radical (unpaired) electrons. The fraction of sp³-hybridized carbons (Fsp3) is 0.500. The number of rotatable bonds is 4. The second-order valence-electron chi connectivity index (χ2n) is 12.4. The van der Waals surface area contributed by atoms with E-state index >= 15 is 0 Å². The number of nitro groups is 2. The third-order valence-corrected chi connectivity index (χ3v) is 9.12. The second kappa shape index (κ2) is 11.6. The molecule has 4 rings (SSSR count). The van der Waals surface area contributed by atoms with E-state index in [1.165, 1.54) is 24.3 Å². The maximum absolute atomic E-state index is 11.7. The first-order chi connectivity index (χ1) is 18.1. The summed E-state index contributed by atoms with van der Waals surface area (Å²) in [5.41, 5.74) is 0.680. The van der Waals surface area contributed by atoms with E-state index in [0.29, 0.717) is 22.3 Å². The van der Waals surface area contributed by atoms with E-state index in [-0.39, 0.29) is 67.6 Å². The number of non-ortho nitro benzene ring substituents is 2. The molecule has 2 fully saturated rings. The van der Waals surface area contributed by atoms with Crippen molar-refractivity contribution in [1.29, 1.82) is 0 Å². The molecule has 10 nitrogen and oxygen atoms in total. The average Bonchev–Trinajstić information content (AvgIpc) is 3.17. The maximum Gasteiger partial charge on any atom is -1.00 e. The normalized spacial score (nSPS) is 21.2. The van der Waals surface area contributed by atoms with Gasteiger partial charge in [0.15, 0.2) is 0 Å². The summed E-state index contributed by atoms with van der Waals surface area (Å²) in [7, 11) is 0. The quantitative estimate of drug-likeness (QED) is 0.384. The Morgan fingerprint density at radius 2 is 1.12 bits per heavy atom. The van der Waals surface area contributed by atoms with Crippen LogP contribution in [0.15, 0.2) is 24.3 Å². The first-order valence-corrected chi connectivity index (χ1v) is 14.2. The molecule has 1 saturated carbocycles. The van der Waals surface area contributed by atoms with Gasteiger partial charge in [-0.3, -0.25) is 0 Å². The minimum absolute atomic E-state index is 0. The van der Waals surface area contributed by atoms with Gasteiger partial charge in [0.2, 0.25) is 0 Å². The van der Waals surface area contributed by atoms with Crippen molar-refractivity contribution in [2.45, 2.75) is 90.1 Å². The summed E-state index contributed by atoms with van der Waals surface area (Å²) in [5, 5.41) is 45.6. The number of aromatic hydroxyl groups is 2. The van der Waals surface area contributed by atoms with Crippen molar-refractivity contribution in [2.24, 2.45) is 0 Å². The number of hydrogen-bond acceptors (Lipinski definition) is 6. The summed E-state index contributed by atoms with van der Waals surface area (Å²) in [6, 6.07) is 5.93. The fourth-order valence-electron chi connectivity index (χ4n) is 5.26. The van der Waals surface area contributed by atoms with Gasteiger partial charge in [0.25, 0.3) is 0 Å². The monoisotopic (exact) mass is 655 g/mol. The molecule has 12 heteroatoms. The molecule has 2 atom stereocenters. The predicted octanol–water partition coefficient (Wildman–Crippen LogP) is 2.31. The molecule has 0 aromatic heterocycles. The summed E-state index contributed by atoms with van der Waals surface area (Å²) in [5.74, 6) is 0.0645. The molecule has 1 saturated heterocycles. The van der Waals surface area contributed by atoms with Crippen LogP contribution in [-0.4, -0.2) is 51.7 Å². The van der Waals surface area contributed by atoms with Crippen molar-refractivity contribution in [3.63, 3.8) is 0 Å². The van der Waals surface area contributed by atoms with Crippen LogP contribution in [0.25, 0.3) is 0 Å². The molecular formula is C28H36BrCrN4O6+. The van der Waals surface area contributed by atoms with E-state index in [1.807, 2.05) is 54.0 Å². The van der Waals surface area contributed by atoms with Gasteiger partial charge in [-0.05, 0) is 0 Å². The SMILES string of the molecule is CC(C)(C)c1cc([N+](=O)[O-])cc(C=[N+]2[Cr][N+](=Cc3cc([N+](=O)[O-])cc(C(C)(C)C)c3O)[C@@H]3CCCC[C@H]32)c1O.[Br-]. The zero-order valence-corrected chi connectivity index (χ0v) is 26.4. The van der Waals surface area contributed by atoms with Crippen molar-refractivity contribution in [2.75, 3.05) is 0 Å². The number of fused-ring (bicyclic) bond motifs is 1. The number of nitrogens with zero attached hydrogens (tertiary/aromatic N) is 4. The number of halogens is 1. The molecular weight excluding hydrogens is 620 g/mol. The molecule has 1 aliphatic heterocycles. The van der Waals surface area contributed by atoms with Crippen molar-refractivity contribution in [1.82, 2.24) is 0 Å². The molecule has 2 aromatic carbocycles. The fourth-order valence-corrected chi connectivity index (χ4v) is 7.25.